The number of hydrogen-bond donors (Lipinski definition) is 1. The van der Waals surface area contributed by atoms with Crippen molar-refractivity contribution in [2.75, 3.05) is 13.1 Å². The van der Waals surface area contributed by atoms with Crippen LogP contribution in [0.15, 0.2) is 0 Å². The van der Waals surface area contributed by atoms with Gasteiger partial charge in [-0.25, -0.2) is 0 Å². The quantitative estimate of drug-likeness (QED) is 0.775. The van der Waals surface area contributed by atoms with Gasteiger partial charge in [-0.1, -0.05) is 0 Å². The summed E-state index contributed by atoms with van der Waals surface area (Å²) in [5.74, 6) is 0.697. The summed E-state index contributed by atoms with van der Waals surface area (Å²) in [6, 6.07) is 0.468. The molecule has 0 saturated carbocycles. The Labute approximate surface area is 85.5 Å². The molecule has 1 aromatic rings. The summed E-state index contributed by atoms with van der Waals surface area (Å²) in [6.45, 7) is 10.9. The molecule has 1 aromatic heterocycles. The third-order valence-electron chi connectivity index (χ3n) is 3.06. The molecule has 3 nitrogen and oxygen atoms in total. The van der Waals surface area contributed by atoms with Crippen molar-refractivity contribution in [1.29, 1.82) is 0 Å². The van der Waals surface area contributed by atoms with Crippen LogP contribution in [-0.4, -0.2) is 22.9 Å². The van der Waals surface area contributed by atoms with Crippen LogP contribution in [0, 0.1) is 13.8 Å². The maximum absolute atomic E-state index is 4.60. The Morgan fingerprint density at radius 2 is 2.00 bits per heavy atom. The van der Waals surface area contributed by atoms with Crippen LogP contribution in [0.3, 0.4) is 0 Å². The summed E-state index contributed by atoms with van der Waals surface area (Å²) in [6.07, 6.45) is 0. The molecule has 0 radical (unpaired) electrons. The second kappa shape index (κ2) is 3.39. The van der Waals surface area contributed by atoms with Crippen molar-refractivity contribution in [3.05, 3.63) is 17.0 Å². The van der Waals surface area contributed by atoms with E-state index in [2.05, 4.69) is 42.8 Å². The van der Waals surface area contributed by atoms with Crippen LogP contribution < -0.4 is 5.32 Å². The first-order valence-corrected chi connectivity index (χ1v) is 5.37. The predicted octanol–water partition coefficient (Wildman–Crippen LogP) is 1.77. The molecule has 0 bridgehead atoms. The third-order valence-corrected chi connectivity index (χ3v) is 3.06. The second-order valence-corrected chi connectivity index (χ2v) is 4.48. The zero-order chi connectivity index (χ0) is 10.3. The smallest absolute Gasteiger partial charge is 0.0632 e. The first-order chi connectivity index (χ1) is 6.61. The molecule has 0 spiro atoms. The zero-order valence-electron chi connectivity index (χ0n) is 9.46. The van der Waals surface area contributed by atoms with Crippen LogP contribution in [-0.2, 0) is 0 Å². The largest absolute Gasteiger partial charge is 0.315 e. The Hall–Kier alpha value is -0.830. The van der Waals surface area contributed by atoms with E-state index in [-0.39, 0.29) is 0 Å². The highest BCUT2D eigenvalue weighted by Gasteiger charge is 2.26. The lowest BCUT2D eigenvalue weighted by Gasteiger charge is -2.27. The molecular formula is C11H19N3. The van der Waals surface area contributed by atoms with Gasteiger partial charge in [-0.3, -0.25) is 4.68 Å². The van der Waals surface area contributed by atoms with Gasteiger partial charge in [0.1, 0.15) is 0 Å². The fraction of sp³-hybridized carbons (Fsp3) is 0.727. The van der Waals surface area contributed by atoms with E-state index in [1.165, 1.54) is 17.0 Å². The van der Waals surface area contributed by atoms with E-state index in [1.807, 2.05) is 0 Å². The number of hydrogen-bond acceptors (Lipinski definition) is 2. The summed E-state index contributed by atoms with van der Waals surface area (Å²) in [5, 5.41) is 7.92. The zero-order valence-corrected chi connectivity index (χ0v) is 9.46. The Morgan fingerprint density at radius 3 is 2.36 bits per heavy atom. The van der Waals surface area contributed by atoms with E-state index in [4.69, 9.17) is 0 Å². The highest BCUT2D eigenvalue weighted by Crippen LogP contribution is 2.27. The van der Waals surface area contributed by atoms with Crippen molar-refractivity contribution in [2.24, 2.45) is 0 Å². The number of rotatable bonds is 2. The van der Waals surface area contributed by atoms with Crippen LogP contribution in [0.1, 0.15) is 42.8 Å². The van der Waals surface area contributed by atoms with E-state index in [1.54, 1.807) is 0 Å². The molecule has 3 heteroatoms. The molecule has 1 saturated heterocycles. The van der Waals surface area contributed by atoms with Crippen LogP contribution in [0.2, 0.25) is 0 Å². The molecule has 1 fully saturated rings. The molecule has 0 aliphatic carbocycles. The van der Waals surface area contributed by atoms with Gasteiger partial charge in [-0.05, 0) is 27.7 Å². The minimum Gasteiger partial charge on any atom is -0.315 e. The molecule has 1 N–H and O–H groups in total. The Balaban J connectivity index is 2.38. The molecule has 0 atom stereocenters. The first-order valence-electron chi connectivity index (χ1n) is 5.37. The van der Waals surface area contributed by atoms with Crippen molar-refractivity contribution in [3.63, 3.8) is 0 Å². The van der Waals surface area contributed by atoms with Gasteiger partial charge in [-0.15, -0.1) is 0 Å². The summed E-state index contributed by atoms with van der Waals surface area (Å²) < 4.78 is 2.14. The molecule has 78 valence electrons. The number of nitrogens with one attached hydrogen (secondary N) is 1. The summed E-state index contributed by atoms with van der Waals surface area (Å²) >= 11 is 0. The normalized spacial score (nSPS) is 17.5. The fourth-order valence-electron chi connectivity index (χ4n) is 2.26. The summed E-state index contributed by atoms with van der Waals surface area (Å²) in [7, 11) is 0. The van der Waals surface area contributed by atoms with Crippen molar-refractivity contribution < 1.29 is 0 Å². The SMILES string of the molecule is Cc1nn(C(C)C)c(C)c1C1CNC1. The van der Waals surface area contributed by atoms with Gasteiger partial charge in [0.05, 0.1) is 5.69 Å². The summed E-state index contributed by atoms with van der Waals surface area (Å²) in [5.41, 5.74) is 4.03. The number of nitrogens with zero attached hydrogens (tertiary/aromatic N) is 2. The molecular weight excluding hydrogens is 174 g/mol. The third kappa shape index (κ3) is 1.36. The Bertz CT molecular complexity index is 335. The van der Waals surface area contributed by atoms with Crippen molar-refractivity contribution in [3.8, 4) is 0 Å². The van der Waals surface area contributed by atoms with Crippen molar-refractivity contribution in [2.45, 2.75) is 39.7 Å². The molecule has 0 amide bonds. The topological polar surface area (TPSA) is 29.9 Å². The van der Waals surface area contributed by atoms with Gasteiger partial charge in [0.15, 0.2) is 0 Å². The van der Waals surface area contributed by atoms with Crippen LogP contribution in [0.4, 0.5) is 0 Å². The number of aryl methyl sites for hydroxylation is 1. The molecule has 0 unspecified atom stereocenters. The predicted molar refractivity (Wildman–Crippen MR) is 57.7 cm³/mol. The van der Waals surface area contributed by atoms with Gasteiger partial charge in [0.25, 0.3) is 0 Å². The number of aromatic nitrogens is 2. The lowest BCUT2D eigenvalue weighted by atomic mass is 9.92. The van der Waals surface area contributed by atoms with Crippen molar-refractivity contribution >= 4 is 0 Å². The minimum absolute atomic E-state index is 0.468. The van der Waals surface area contributed by atoms with Crippen LogP contribution >= 0.6 is 0 Å². The van der Waals surface area contributed by atoms with Gasteiger partial charge in [-0.2, -0.15) is 5.10 Å². The average molecular weight is 193 g/mol. The van der Waals surface area contributed by atoms with Crippen molar-refractivity contribution in [1.82, 2.24) is 15.1 Å². The van der Waals surface area contributed by atoms with Crippen LogP contribution in [0.5, 0.6) is 0 Å². The maximum Gasteiger partial charge on any atom is 0.0632 e. The van der Waals surface area contributed by atoms with Crippen LogP contribution in [0.25, 0.3) is 0 Å². The van der Waals surface area contributed by atoms with E-state index in [0.717, 1.165) is 13.1 Å². The Kier molecular flexibility index (Phi) is 2.35. The molecule has 14 heavy (non-hydrogen) atoms. The molecule has 2 heterocycles. The highest BCUT2D eigenvalue weighted by atomic mass is 15.3. The fourth-order valence-corrected chi connectivity index (χ4v) is 2.26. The standard InChI is InChI=1S/C11H19N3/c1-7(2)14-9(4)11(8(3)13-14)10-5-12-6-10/h7,10,12H,5-6H2,1-4H3. The van der Waals surface area contributed by atoms with Gasteiger partial charge in [0.2, 0.25) is 0 Å². The lowest BCUT2D eigenvalue weighted by molar-refractivity contribution is 0.443. The van der Waals surface area contributed by atoms with E-state index in [9.17, 15) is 0 Å². The molecule has 1 aliphatic rings. The second-order valence-electron chi connectivity index (χ2n) is 4.48. The van der Waals surface area contributed by atoms with Gasteiger partial charge in [0, 0.05) is 36.3 Å². The monoisotopic (exact) mass is 193 g/mol. The van der Waals surface area contributed by atoms with Gasteiger partial charge >= 0.3 is 0 Å². The van der Waals surface area contributed by atoms with E-state index >= 15 is 0 Å². The first kappa shape index (κ1) is 9.71. The average Bonchev–Trinajstić information content (AvgIpc) is 2.29. The van der Waals surface area contributed by atoms with E-state index < -0.39 is 0 Å². The lowest BCUT2D eigenvalue weighted by Crippen LogP contribution is -2.40. The molecule has 0 aromatic carbocycles. The Morgan fingerprint density at radius 1 is 1.36 bits per heavy atom. The maximum atomic E-state index is 4.60. The molecule has 2 rings (SSSR count). The van der Waals surface area contributed by atoms with E-state index in [0.29, 0.717) is 12.0 Å². The minimum atomic E-state index is 0.468. The molecule has 1 aliphatic heterocycles. The summed E-state index contributed by atoms with van der Waals surface area (Å²) in [4.78, 5) is 0. The highest BCUT2D eigenvalue weighted by molar-refractivity contribution is 5.31. The van der Waals surface area contributed by atoms with Gasteiger partial charge < -0.3 is 5.32 Å².